The molecule has 2 heterocycles. The normalized spacial score (nSPS) is 16.3. The van der Waals surface area contributed by atoms with Crippen molar-refractivity contribution in [2.45, 2.75) is 26.1 Å². The van der Waals surface area contributed by atoms with Crippen molar-refractivity contribution in [1.29, 1.82) is 0 Å². The van der Waals surface area contributed by atoms with E-state index in [4.69, 9.17) is 0 Å². The van der Waals surface area contributed by atoms with E-state index in [2.05, 4.69) is 15.1 Å². The molecule has 0 aliphatic carbocycles. The number of aliphatic hydroxyl groups is 1. The minimum Gasteiger partial charge on any atom is -0.389 e. The molecule has 0 amide bonds. The standard InChI is InChI=1S/C13H15FN4O/c1-9(19)11-6-10(14)2-3-12(11)17-4-5-18-8-15-16-13(18)7-17/h2-3,6,8-9,19H,4-5,7H2,1H3/t9-/m1/s1. The van der Waals surface area contributed by atoms with Gasteiger partial charge in [-0.1, -0.05) is 0 Å². The summed E-state index contributed by atoms with van der Waals surface area (Å²) in [5.74, 6) is 0.548. The van der Waals surface area contributed by atoms with Crippen LogP contribution < -0.4 is 4.90 Å². The molecule has 1 aliphatic heterocycles. The first-order valence-corrected chi connectivity index (χ1v) is 6.24. The van der Waals surface area contributed by atoms with Crippen molar-refractivity contribution >= 4 is 5.69 Å². The van der Waals surface area contributed by atoms with Crippen molar-refractivity contribution in [2.75, 3.05) is 11.4 Å². The van der Waals surface area contributed by atoms with Crippen LogP contribution in [-0.2, 0) is 13.1 Å². The van der Waals surface area contributed by atoms with Gasteiger partial charge in [0.2, 0.25) is 0 Å². The van der Waals surface area contributed by atoms with E-state index in [-0.39, 0.29) is 5.82 Å². The lowest BCUT2D eigenvalue weighted by molar-refractivity contribution is 0.199. The van der Waals surface area contributed by atoms with E-state index < -0.39 is 6.10 Å². The van der Waals surface area contributed by atoms with Gasteiger partial charge in [-0.2, -0.15) is 0 Å². The second-order valence-electron chi connectivity index (χ2n) is 4.74. The minimum atomic E-state index is -0.703. The fraction of sp³-hybridized carbons (Fsp3) is 0.385. The van der Waals surface area contributed by atoms with Crippen molar-refractivity contribution in [3.63, 3.8) is 0 Å². The Hall–Kier alpha value is -1.95. The summed E-state index contributed by atoms with van der Waals surface area (Å²) in [6.07, 6.45) is 1.01. The topological polar surface area (TPSA) is 54.2 Å². The van der Waals surface area contributed by atoms with Crippen molar-refractivity contribution in [3.8, 4) is 0 Å². The predicted octanol–water partition coefficient (Wildman–Crippen LogP) is 1.49. The second-order valence-corrected chi connectivity index (χ2v) is 4.74. The quantitative estimate of drug-likeness (QED) is 0.891. The van der Waals surface area contributed by atoms with Crippen molar-refractivity contribution in [3.05, 3.63) is 41.7 Å². The number of fused-ring (bicyclic) bond motifs is 1. The van der Waals surface area contributed by atoms with Gasteiger partial charge in [-0.25, -0.2) is 4.39 Å². The van der Waals surface area contributed by atoms with Gasteiger partial charge >= 0.3 is 0 Å². The molecule has 0 bridgehead atoms. The first-order chi connectivity index (χ1) is 9.15. The van der Waals surface area contributed by atoms with Crippen LogP contribution in [0.25, 0.3) is 0 Å². The van der Waals surface area contributed by atoms with Crippen molar-refractivity contribution in [2.24, 2.45) is 0 Å². The molecule has 1 N–H and O–H groups in total. The van der Waals surface area contributed by atoms with Crippen LogP contribution in [0.15, 0.2) is 24.5 Å². The number of aromatic nitrogens is 3. The van der Waals surface area contributed by atoms with Crippen LogP contribution in [-0.4, -0.2) is 26.4 Å². The molecule has 0 fully saturated rings. The highest BCUT2D eigenvalue weighted by molar-refractivity contribution is 5.55. The highest BCUT2D eigenvalue weighted by Gasteiger charge is 2.21. The average Bonchev–Trinajstić information content (AvgIpc) is 2.85. The van der Waals surface area contributed by atoms with Gasteiger partial charge < -0.3 is 14.6 Å². The number of aliphatic hydroxyl groups excluding tert-OH is 1. The fourth-order valence-electron chi connectivity index (χ4n) is 2.42. The molecule has 5 nitrogen and oxygen atoms in total. The van der Waals surface area contributed by atoms with E-state index in [1.54, 1.807) is 19.3 Å². The van der Waals surface area contributed by atoms with Crippen LogP contribution in [0.1, 0.15) is 24.4 Å². The number of nitrogens with zero attached hydrogens (tertiary/aromatic N) is 4. The molecule has 1 atom stereocenters. The third-order valence-electron chi connectivity index (χ3n) is 3.42. The predicted molar refractivity (Wildman–Crippen MR) is 68.1 cm³/mol. The van der Waals surface area contributed by atoms with Crippen LogP contribution in [0.3, 0.4) is 0 Å². The zero-order valence-corrected chi connectivity index (χ0v) is 10.6. The van der Waals surface area contributed by atoms with E-state index in [1.807, 2.05) is 4.57 Å². The number of halogens is 1. The molecule has 6 heteroatoms. The Labute approximate surface area is 110 Å². The van der Waals surface area contributed by atoms with Crippen LogP contribution in [0.2, 0.25) is 0 Å². The number of hydrogen-bond acceptors (Lipinski definition) is 4. The van der Waals surface area contributed by atoms with Gasteiger partial charge in [0.15, 0.2) is 5.82 Å². The Morgan fingerprint density at radius 1 is 1.37 bits per heavy atom. The van der Waals surface area contributed by atoms with E-state index in [0.717, 1.165) is 24.6 Å². The molecule has 0 saturated carbocycles. The fourth-order valence-corrected chi connectivity index (χ4v) is 2.42. The lowest BCUT2D eigenvalue weighted by Gasteiger charge is -2.31. The largest absolute Gasteiger partial charge is 0.389 e. The maximum Gasteiger partial charge on any atom is 0.152 e. The molecule has 3 rings (SSSR count). The molecule has 1 aliphatic rings. The third-order valence-corrected chi connectivity index (χ3v) is 3.42. The van der Waals surface area contributed by atoms with Gasteiger partial charge in [0.05, 0.1) is 12.6 Å². The Morgan fingerprint density at radius 3 is 3.00 bits per heavy atom. The van der Waals surface area contributed by atoms with Crippen LogP contribution in [0.5, 0.6) is 0 Å². The Balaban J connectivity index is 1.95. The maximum absolute atomic E-state index is 13.3. The monoisotopic (exact) mass is 262 g/mol. The Kier molecular flexibility index (Phi) is 2.94. The number of rotatable bonds is 2. The summed E-state index contributed by atoms with van der Waals surface area (Å²) < 4.78 is 15.3. The van der Waals surface area contributed by atoms with Crippen LogP contribution in [0.4, 0.5) is 10.1 Å². The van der Waals surface area contributed by atoms with E-state index in [0.29, 0.717) is 12.1 Å². The van der Waals surface area contributed by atoms with E-state index >= 15 is 0 Å². The molecule has 19 heavy (non-hydrogen) atoms. The molecule has 1 aromatic carbocycles. The molecule has 0 unspecified atom stereocenters. The van der Waals surface area contributed by atoms with Crippen molar-refractivity contribution in [1.82, 2.24) is 14.8 Å². The number of hydrogen-bond donors (Lipinski definition) is 1. The summed E-state index contributed by atoms with van der Waals surface area (Å²) in [6, 6.07) is 4.52. The van der Waals surface area contributed by atoms with Crippen molar-refractivity contribution < 1.29 is 9.50 Å². The highest BCUT2D eigenvalue weighted by atomic mass is 19.1. The summed E-state index contributed by atoms with van der Waals surface area (Å²) in [6.45, 7) is 3.84. The van der Waals surface area contributed by atoms with Crippen LogP contribution in [0, 0.1) is 5.82 Å². The first-order valence-electron chi connectivity index (χ1n) is 6.24. The minimum absolute atomic E-state index is 0.333. The summed E-state index contributed by atoms with van der Waals surface area (Å²) >= 11 is 0. The van der Waals surface area contributed by atoms with Gasteiger partial charge in [0.25, 0.3) is 0 Å². The van der Waals surface area contributed by atoms with Gasteiger partial charge in [-0.15, -0.1) is 10.2 Å². The molecule has 0 saturated heterocycles. The summed E-state index contributed by atoms with van der Waals surface area (Å²) in [4.78, 5) is 2.09. The molecule has 2 aromatic rings. The molecular formula is C13H15FN4O. The molecular weight excluding hydrogens is 247 g/mol. The highest BCUT2D eigenvalue weighted by Crippen LogP contribution is 2.29. The van der Waals surface area contributed by atoms with Gasteiger partial charge in [-0.05, 0) is 25.1 Å². The van der Waals surface area contributed by atoms with Gasteiger partial charge in [0, 0.05) is 24.3 Å². The molecule has 100 valence electrons. The average molecular weight is 262 g/mol. The second kappa shape index (κ2) is 4.62. The summed E-state index contributed by atoms with van der Waals surface area (Å²) in [7, 11) is 0. The lowest BCUT2D eigenvalue weighted by atomic mass is 10.1. The molecule has 0 spiro atoms. The maximum atomic E-state index is 13.3. The van der Waals surface area contributed by atoms with Crippen LogP contribution >= 0.6 is 0 Å². The first kappa shape index (κ1) is 12.1. The lowest BCUT2D eigenvalue weighted by Crippen LogP contribution is -2.34. The number of benzene rings is 1. The van der Waals surface area contributed by atoms with E-state index in [1.165, 1.54) is 12.1 Å². The summed E-state index contributed by atoms with van der Waals surface area (Å²) in [5, 5.41) is 17.7. The molecule has 0 radical (unpaired) electrons. The third kappa shape index (κ3) is 2.19. The van der Waals surface area contributed by atoms with Gasteiger partial charge in [0.1, 0.15) is 12.1 Å². The Morgan fingerprint density at radius 2 is 2.21 bits per heavy atom. The number of anilines is 1. The zero-order valence-electron chi connectivity index (χ0n) is 10.6. The van der Waals surface area contributed by atoms with Gasteiger partial charge in [-0.3, -0.25) is 0 Å². The molecule has 1 aromatic heterocycles. The summed E-state index contributed by atoms with van der Waals surface area (Å²) in [5.41, 5.74) is 1.46. The zero-order chi connectivity index (χ0) is 13.4. The SMILES string of the molecule is C[C@@H](O)c1cc(F)ccc1N1CCn2cnnc2C1. The Bertz CT molecular complexity index is 596. The smallest absolute Gasteiger partial charge is 0.152 e. The van der Waals surface area contributed by atoms with E-state index in [9.17, 15) is 9.50 Å².